The number of nitrogens with zero attached hydrogens (tertiary/aromatic N) is 1. The Morgan fingerprint density at radius 1 is 1.35 bits per heavy atom. The highest BCUT2D eigenvalue weighted by Gasteiger charge is 2.20. The Balaban J connectivity index is 2.19. The van der Waals surface area contributed by atoms with E-state index in [0.29, 0.717) is 16.5 Å². The van der Waals surface area contributed by atoms with Gasteiger partial charge in [0.2, 0.25) is 0 Å². The molecule has 1 heterocycles. The van der Waals surface area contributed by atoms with Crippen LogP contribution < -0.4 is 10.6 Å². The van der Waals surface area contributed by atoms with Crippen molar-refractivity contribution in [3.8, 4) is 0 Å². The largest absolute Gasteiger partial charge is 0.468 e. The van der Waals surface area contributed by atoms with Gasteiger partial charge in [-0.25, -0.2) is 0 Å². The van der Waals surface area contributed by atoms with E-state index in [1.165, 1.54) is 7.11 Å². The number of carbonyl (C=O) groups excluding carboxylic acids is 1. The number of nitrogens with two attached hydrogens (primary N) is 1. The van der Waals surface area contributed by atoms with Gasteiger partial charge < -0.3 is 15.4 Å². The summed E-state index contributed by atoms with van der Waals surface area (Å²) in [5.74, 6) is -0.444. The first kappa shape index (κ1) is 15.4. The first-order valence-corrected chi connectivity index (χ1v) is 7.34. The van der Waals surface area contributed by atoms with Crippen LogP contribution in [0.4, 0.5) is 5.69 Å². The fourth-order valence-electron chi connectivity index (χ4n) is 2.47. The summed E-state index contributed by atoms with van der Waals surface area (Å²) in [6, 6.07) is 2.94. The van der Waals surface area contributed by atoms with Gasteiger partial charge in [-0.2, -0.15) is 0 Å². The van der Waals surface area contributed by atoms with E-state index >= 15 is 0 Å². The quantitative estimate of drug-likeness (QED) is 0.868. The predicted octanol–water partition coefficient (Wildman–Crippen LogP) is 2.64. The average molecular weight is 317 g/mol. The summed E-state index contributed by atoms with van der Waals surface area (Å²) in [5, 5.41) is 1.21. The zero-order chi connectivity index (χ0) is 14.7. The Bertz CT molecular complexity index is 479. The van der Waals surface area contributed by atoms with Crippen molar-refractivity contribution in [1.29, 1.82) is 0 Å². The maximum atomic E-state index is 11.3. The second-order valence-electron chi connectivity index (χ2n) is 4.94. The molecule has 0 aliphatic carbocycles. The van der Waals surface area contributed by atoms with Gasteiger partial charge >= 0.3 is 5.97 Å². The smallest absolute Gasteiger partial charge is 0.322 e. The fraction of sp³-hybridized carbons (Fsp3) is 0.500. The highest BCUT2D eigenvalue weighted by molar-refractivity contribution is 6.39. The van der Waals surface area contributed by atoms with Crippen LogP contribution in [0.3, 0.4) is 0 Å². The maximum absolute atomic E-state index is 11.3. The van der Waals surface area contributed by atoms with Gasteiger partial charge in [-0.05, 0) is 37.0 Å². The monoisotopic (exact) mass is 316 g/mol. The number of methoxy groups -OCH3 is 1. The first-order valence-electron chi connectivity index (χ1n) is 6.59. The molecule has 2 N–H and O–H groups in total. The summed E-state index contributed by atoms with van der Waals surface area (Å²) >= 11 is 12.7. The van der Waals surface area contributed by atoms with Crippen LogP contribution in [0.5, 0.6) is 0 Å². The molecular weight excluding hydrogens is 299 g/mol. The molecule has 1 unspecified atom stereocenters. The van der Waals surface area contributed by atoms with Gasteiger partial charge in [0.05, 0.1) is 22.8 Å². The van der Waals surface area contributed by atoms with Gasteiger partial charge in [0.1, 0.15) is 6.04 Å². The molecule has 1 aliphatic heterocycles. The van der Waals surface area contributed by atoms with Crippen molar-refractivity contribution in [1.82, 2.24) is 0 Å². The number of benzene rings is 1. The lowest BCUT2D eigenvalue weighted by Gasteiger charge is -2.21. The molecule has 1 fully saturated rings. The average Bonchev–Trinajstić information content (AvgIpc) is 2.90. The van der Waals surface area contributed by atoms with Crippen LogP contribution in [0.25, 0.3) is 0 Å². The van der Waals surface area contributed by atoms with Crippen LogP contribution in [0.1, 0.15) is 18.4 Å². The fourth-order valence-corrected chi connectivity index (χ4v) is 3.24. The van der Waals surface area contributed by atoms with Crippen molar-refractivity contribution >= 4 is 34.9 Å². The third kappa shape index (κ3) is 3.37. The number of hydrogen-bond acceptors (Lipinski definition) is 4. The summed E-state index contributed by atoms with van der Waals surface area (Å²) in [7, 11) is 1.32. The van der Waals surface area contributed by atoms with Gasteiger partial charge in [-0.1, -0.05) is 23.2 Å². The zero-order valence-corrected chi connectivity index (χ0v) is 12.9. The molecule has 20 heavy (non-hydrogen) atoms. The van der Waals surface area contributed by atoms with E-state index in [-0.39, 0.29) is 0 Å². The minimum atomic E-state index is -0.704. The number of ether oxygens (including phenoxy) is 1. The molecule has 0 spiro atoms. The van der Waals surface area contributed by atoms with E-state index in [0.717, 1.165) is 37.2 Å². The van der Waals surface area contributed by atoms with E-state index in [1.807, 2.05) is 12.1 Å². The number of carbonyl (C=O) groups is 1. The molecule has 0 aromatic heterocycles. The molecule has 2 rings (SSSR count). The number of esters is 1. The predicted molar refractivity (Wildman–Crippen MR) is 81.6 cm³/mol. The Kier molecular flexibility index (Phi) is 5.13. The topological polar surface area (TPSA) is 55.6 Å². The third-order valence-corrected chi connectivity index (χ3v) is 4.03. The Hall–Kier alpha value is -0.970. The number of rotatable bonds is 4. The normalized spacial score (nSPS) is 16.3. The SMILES string of the molecule is COC(=O)C(N)Cc1cc(Cl)c(N2CCCC2)c(Cl)c1. The lowest BCUT2D eigenvalue weighted by Crippen LogP contribution is -2.33. The summed E-state index contributed by atoms with van der Waals surface area (Å²) in [6.07, 6.45) is 2.66. The molecule has 0 bridgehead atoms. The third-order valence-electron chi connectivity index (χ3n) is 3.46. The zero-order valence-electron chi connectivity index (χ0n) is 11.4. The van der Waals surface area contributed by atoms with Crippen molar-refractivity contribution in [2.45, 2.75) is 25.3 Å². The summed E-state index contributed by atoms with van der Waals surface area (Å²) in [4.78, 5) is 13.5. The van der Waals surface area contributed by atoms with Crippen LogP contribution in [-0.2, 0) is 16.0 Å². The van der Waals surface area contributed by atoms with Gasteiger partial charge in [0.15, 0.2) is 0 Å². The van der Waals surface area contributed by atoms with Crippen LogP contribution >= 0.6 is 23.2 Å². The molecule has 1 aromatic carbocycles. The van der Waals surface area contributed by atoms with Gasteiger partial charge in [0.25, 0.3) is 0 Å². The molecule has 0 saturated carbocycles. The first-order chi connectivity index (χ1) is 9.52. The van der Waals surface area contributed by atoms with Crippen LogP contribution in [-0.4, -0.2) is 32.2 Å². The molecule has 0 amide bonds. The Morgan fingerprint density at radius 2 is 1.90 bits per heavy atom. The molecule has 1 aliphatic rings. The van der Waals surface area contributed by atoms with E-state index in [1.54, 1.807) is 0 Å². The van der Waals surface area contributed by atoms with Crippen LogP contribution in [0.15, 0.2) is 12.1 Å². The molecule has 1 atom stereocenters. The molecule has 110 valence electrons. The molecule has 0 radical (unpaired) electrons. The highest BCUT2D eigenvalue weighted by atomic mass is 35.5. The minimum Gasteiger partial charge on any atom is -0.468 e. The van der Waals surface area contributed by atoms with Gasteiger partial charge in [-0.3, -0.25) is 4.79 Å². The lowest BCUT2D eigenvalue weighted by molar-refractivity contribution is -0.142. The molecule has 1 saturated heterocycles. The van der Waals surface area contributed by atoms with E-state index in [9.17, 15) is 4.79 Å². The number of anilines is 1. The second kappa shape index (κ2) is 6.66. The van der Waals surface area contributed by atoms with Crippen LogP contribution in [0, 0.1) is 0 Å². The highest BCUT2D eigenvalue weighted by Crippen LogP contribution is 2.37. The van der Waals surface area contributed by atoms with E-state index < -0.39 is 12.0 Å². The van der Waals surface area contributed by atoms with Gasteiger partial charge in [0, 0.05) is 13.1 Å². The minimum absolute atomic E-state index is 0.354. The van der Waals surface area contributed by atoms with Crippen molar-refractivity contribution in [2.24, 2.45) is 5.73 Å². The molecular formula is C14H18Cl2N2O2. The summed E-state index contributed by atoms with van der Waals surface area (Å²) < 4.78 is 4.61. The molecule has 4 nitrogen and oxygen atoms in total. The van der Waals surface area contributed by atoms with Crippen LogP contribution in [0.2, 0.25) is 10.0 Å². The summed E-state index contributed by atoms with van der Waals surface area (Å²) in [6.45, 7) is 1.95. The standard InChI is InChI=1S/C14H18Cl2N2O2/c1-20-14(19)12(17)8-9-6-10(15)13(11(16)7-9)18-4-2-3-5-18/h6-7,12H,2-5,8,17H2,1H3. The lowest BCUT2D eigenvalue weighted by atomic mass is 10.1. The van der Waals surface area contributed by atoms with E-state index in [2.05, 4.69) is 9.64 Å². The van der Waals surface area contributed by atoms with Crippen molar-refractivity contribution in [3.63, 3.8) is 0 Å². The van der Waals surface area contributed by atoms with Crippen molar-refractivity contribution in [2.75, 3.05) is 25.1 Å². The summed E-state index contributed by atoms with van der Waals surface area (Å²) in [5.41, 5.74) is 7.46. The van der Waals surface area contributed by atoms with Crippen molar-refractivity contribution in [3.05, 3.63) is 27.7 Å². The Morgan fingerprint density at radius 3 is 2.40 bits per heavy atom. The number of halogens is 2. The second-order valence-corrected chi connectivity index (χ2v) is 5.75. The molecule has 6 heteroatoms. The molecule has 1 aromatic rings. The Labute approximate surface area is 128 Å². The maximum Gasteiger partial charge on any atom is 0.322 e. The van der Waals surface area contributed by atoms with Crippen molar-refractivity contribution < 1.29 is 9.53 Å². The van der Waals surface area contributed by atoms with Gasteiger partial charge in [-0.15, -0.1) is 0 Å². The van der Waals surface area contributed by atoms with E-state index in [4.69, 9.17) is 28.9 Å². The number of hydrogen-bond donors (Lipinski definition) is 1.